The molecule has 5 rings (SSSR count). The van der Waals surface area contributed by atoms with E-state index in [1.54, 1.807) is 29.2 Å². The molecule has 0 amide bonds. The normalized spacial score (nSPS) is 14.3. The van der Waals surface area contributed by atoms with Crippen molar-refractivity contribution in [3.8, 4) is 10.7 Å². The zero-order valence-electron chi connectivity index (χ0n) is 13.8. The number of hydrogen-bond acceptors (Lipinski definition) is 8. The van der Waals surface area contributed by atoms with Crippen LogP contribution in [0.25, 0.3) is 15.7 Å². The molecule has 0 saturated heterocycles. The van der Waals surface area contributed by atoms with Crippen LogP contribution in [-0.2, 0) is 5.75 Å². The summed E-state index contributed by atoms with van der Waals surface area (Å²) in [6.07, 6.45) is 2.32. The van der Waals surface area contributed by atoms with Crippen LogP contribution in [0.3, 0.4) is 0 Å². The topological polar surface area (TPSA) is 78.0 Å². The van der Waals surface area contributed by atoms with E-state index in [1.165, 1.54) is 15.9 Å². The minimum atomic E-state index is -0.141. The fourth-order valence-corrected chi connectivity index (χ4v) is 5.15. The number of hydrogen-bond donors (Lipinski definition) is 0. The van der Waals surface area contributed by atoms with Crippen LogP contribution in [0.1, 0.15) is 29.6 Å². The highest BCUT2D eigenvalue weighted by Crippen LogP contribution is 2.42. The zero-order valence-corrected chi connectivity index (χ0v) is 16.3. The third kappa shape index (κ3) is 2.87. The van der Waals surface area contributed by atoms with Gasteiger partial charge < -0.3 is 0 Å². The number of aryl methyl sites for hydroxylation is 1. The van der Waals surface area contributed by atoms with Crippen molar-refractivity contribution in [3.05, 3.63) is 44.6 Å². The van der Waals surface area contributed by atoms with Crippen LogP contribution < -0.4 is 5.56 Å². The Balaban J connectivity index is 1.45. The van der Waals surface area contributed by atoms with Gasteiger partial charge in [-0.3, -0.25) is 9.36 Å². The fraction of sp³-hybridized carbons (Fsp3) is 0.312. The van der Waals surface area contributed by atoms with Crippen LogP contribution in [0.2, 0.25) is 0 Å². The van der Waals surface area contributed by atoms with Crippen molar-refractivity contribution in [1.29, 1.82) is 0 Å². The lowest BCUT2D eigenvalue weighted by molar-refractivity contribution is 0.670. The average molecular weight is 403 g/mol. The number of thiophene rings is 1. The summed E-state index contributed by atoms with van der Waals surface area (Å²) in [5.41, 5.74) is 0.601. The molecule has 4 aromatic rings. The first kappa shape index (κ1) is 16.2. The predicted octanol–water partition coefficient (Wildman–Crippen LogP) is 3.41. The minimum absolute atomic E-state index is 0.141. The zero-order chi connectivity index (χ0) is 17.7. The second-order valence-corrected chi connectivity index (χ2v) is 9.12. The van der Waals surface area contributed by atoms with Gasteiger partial charge in [-0.2, -0.15) is 9.61 Å². The first-order chi connectivity index (χ1) is 12.7. The van der Waals surface area contributed by atoms with Gasteiger partial charge in [-0.15, -0.1) is 21.5 Å². The molecule has 0 spiro atoms. The summed E-state index contributed by atoms with van der Waals surface area (Å²) in [7, 11) is 0. The molecular weight excluding hydrogens is 388 g/mol. The van der Waals surface area contributed by atoms with Gasteiger partial charge in [0.2, 0.25) is 4.96 Å². The molecule has 0 aliphatic heterocycles. The van der Waals surface area contributed by atoms with E-state index in [-0.39, 0.29) is 5.56 Å². The summed E-state index contributed by atoms with van der Waals surface area (Å²) in [6.45, 7) is 1.87. The Labute approximate surface area is 160 Å². The Morgan fingerprint density at radius 1 is 1.35 bits per heavy atom. The van der Waals surface area contributed by atoms with Crippen LogP contribution in [0, 0.1) is 6.92 Å². The van der Waals surface area contributed by atoms with Crippen molar-refractivity contribution in [3.63, 3.8) is 0 Å². The van der Waals surface area contributed by atoms with E-state index in [2.05, 4.69) is 36.3 Å². The number of nitrogens with zero attached hydrogens (tertiary/aromatic N) is 6. The average Bonchev–Trinajstić information content (AvgIpc) is 3.02. The summed E-state index contributed by atoms with van der Waals surface area (Å²) >= 11 is 4.67. The minimum Gasteiger partial charge on any atom is -0.298 e. The molecule has 4 aromatic heterocycles. The molecular formula is C16H14N6OS3. The molecule has 1 saturated carbocycles. The van der Waals surface area contributed by atoms with Gasteiger partial charge in [0.05, 0.1) is 10.6 Å². The van der Waals surface area contributed by atoms with Gasteiger partial charge in [-0.05, 0) is 31.2 Å². The van der Waals surface area contributed by atoms with E-state index in [0.717, 1.165) is 39.4 Å². The van der Waals surface area contributed by atoms with Gasteiger partial charge in [0, 0.05) is 17.9 Å². The van der Waals surface area contributed by atoms with E-state index < -0.39 is 0 Å². The van der Waals surface area contributed by atoms with E-state index in [9.17, 15) is 4.79 Å². The van der Waals surface area contributed by atoms with Crippen LogP contribution in [0.5, 0.6) is 0 Å². The highest BCUT2D eigenvalue weighted by molar-refractivity contribution is 7.98. The lowest BCUT2D eigenvalue weighted by atomic mass is 10.4. The molecule has 1 aliphatic carbocycles. The van der Waals surface area contributed by atoms with E-state index in [1.807, 2.05) is 13.0 Å². The van der Waals surface area contributed by atoms with Crippen molar-refractivity contribution < 1.29 is 0 Å². The number of aromatic nitrogens is 6. The van der Waals surface area contributed by atoms with Gasteiger partial charge in [0.25, 0.3) is 5.56 Å². The molecule has 0 atom stereocenters. The summed E-state index contributed by atoms with van der Waals surface area (Å²) in [5.74, 6) is 1.52. The Kier molecular flexibility index (Phi) is 3.91. The quantitative estimate of drug-likeness (QED) is 0.476. The van der Waals surface area contributed by atoms with Gasteiger partial charge >= 0.3 is 0 Å². The lowest BCUT2D eigenvalue weighted by Crippen LogP contribution is -2.15. The molecule has 132 valence electrons. The SMILES string of the molecule is Cc1nn2c(=O)cc(CSc3nnc(-c4cccs4)n3C3CC3)nc2s1. The van der Waals surface area contributed by atoms with Crippen molar-refractivity contribution in [1.82, 2.24) is 29.4 Å². The van der Waals surface area contributed by atoms with E-state index in [0.29, 0.717) is 16.8 Å². The van der Waals surface area contributed by atoms with Crippen LogP contribution >= 0.6 is 34.4 Å². The molecule has 1 fully saturated rings. The van der Waals surface area contributed by atoms with Crippen molar-refractivity contribution in [2.24, 2.45) is 0 Å². The Hall–Kier alpha value is -2.04. The molecule has 0 bridgehead atoms. The van der Waals surface area contributed by atoms with Crippen molar-refractivity contribution >= 4 is 39.4 Å². The van der Waals surface area contributed by atoms with E-state index >= 15 is 0 Å². The fourth-order valence-electron chi connectivity index (χ4n) is 2.78. The monoisotopic (exact) mass is 402 g/mol. The molecule has 0 unspecified atom stereocenters. The first-order valence-electron chi connectivity index (χ1n) is 8.17. The lowest BCUT2D eigenvalue weighted by Gasteiger charge is -2.07. The highest BCUT2D eigenvalue weighted by Gasteiger charge is 2.30. The second-order valence-electron chi connectivity index (χ2n) is 6.07. The summed E-state index contributed by atoms with van der Waals surface area (Å²) in [4.78, 5) is 18.5. The molecule has 4 heterocycles. The van der Waals surface area contributed by atoms with Gasteiger partial charge in [-0.1, -0.05) is 29.2 Å². The predicted molar refractivity (Wildman–Crippen MR) is 103 cm³/mol. The summed E-state index contributed by atoms with van der Waals surface area (Å²) in [5, 5.41) is 16.8. The Morgan fingerprint density at radius 3 is 3.00 bits per heavy atom. The molecule has 0 N–H and O–H groups in total. The smallest absolute Gasteiger partial charge is 0.275 e. The maximum absolute atomic E-state index is 12.2. The molecule has 0 aromatic carbocycles. The van der Waals surface area contributed by atoms with Gasteiger partial charge in [0.15, 0.2) is 11.0 Å². The van der Waals surface area contributed by atoms with Crippen molar-refractivity contribution in [2.75, 3.05) is 0 Å². The standard InChI is InChI=1S/C16H14N6OS3/c1-9-20-22-13(23)7-10(17-15(22)26-9)8-25-16-19-18-14(12-3-2-6-24-12)21(16)11-4-5-11/h2-3,6-7,11H,4-5,8H2,1H3. The van der Waals surface area contributed by atoms with Crippen LogP contribution in [0.15, 0.2) is 33.5 Å². The molecule has 1 aliphatic rings. The third-order valence-corrected chi connectivity index (χ3v) is 6.73. The molecule has 10 heteroatoms. The van der Waals surface area contributed by atoms with E-state index in [4.69, 9.17) is 0 Å². The summed E-state index contributed by atoms with van der Waals surface area (Å²) < 4.78 is 3.59. The highest BCUT2D eigenvalue weighted by atomic mass is 32.2. The van der Waals surface area contributed by atoms with Gasteiger partial charge in [-0.25, -0.2) is 4.98 Å². The number of thioether (sulfide) groups is 1. The molecule has 26 heavy (non-hydrogen) atoms. The Bertz CT molecular complexity index is 1140. The largest absolute Gasteiger partial charge is 0.298 e. The summed E-state index contributed by atoms with van der Waals surface area (Å²) in [6, 6.07) is 6.14. The number of rotatable bonds is 5. The second kappa shape index (κ2) is 6.29. The van der Waals surface area contributed by atoms with Crippen LogP contribution in [0.4, 0.5) is 0 Å². The Morgan fingerprint density at radius 2 is 2.23 bits per heavy atom. The third-order valence-electron chi connectivity index (χ3n) is 4.07. The van der Waals surface area contributed by atoms with Crippen molar-refractivity contribution in [2.45, 2.75) is 36.7 Å². The molecule has 7 nitrogen and oxygen atoms in total. The molecule has 0 radical (unpaired) electrons. The first-order valence-corrected chi connectivity index (χ1v) is 10.9. The number of fused-ring (bicyclic) bond motifs is 1. The van der Waals surface area contributed by atoms with Crippen LogP contribution in [-0.4, -0.2) is 29.4 Å². The van der Waals surface area contributed by atoms with Gasteiger partial charge in [0.1, 0.15) is 5.01 Å². The maximum atomic E-state index is 12.2. The maximum Gasteiger partial charge on any atom is 0.275 e.